The molecule has 0 aromatic carbocycles. The third-order valence-electron chi connectivity index (χ3n) is 0.412. The van der Waals surface area contributed by atoms with Gasteiger partial charge < -0.3 is 21.3 Å². The fraction of sp³-hybridized carbons (Fsp3) is 0.600. The van der Waals surface area contributed by atoms with Gasteiger partial charge >= 0.3 is 29.6 Å². The monoisotopic (exact) mass is 220 g/mol. The van der Waals surface area contributed by atoms with E-state index in [1.165, 1.54) is 0 Å². The first-order chi connectivity index (χ1) is 4.86. The van der Waals surface area contributed by atoms with Crippen LogP contribution in [0, 0.1) is 0 Å². The summed E-state index contributed by atoms with van der Waals surface area (Å²) in [5.41, 5.74) is 4.40. The average Bonchev–Trinajstić information content (AvgIpc) is 1.56. The van der Waals surface area contributed by atoms with E-state index in [0.29, 0.717) is 0 Å². The van der Waals surface area contributed by atoms with Gasteiger partial charge in [0.25, 0.3) is 10.3 Å². The third-order valence-corrected chi connectivity index (χ3v) is 0.530. The van der Waals surface area contributed by atoms with Crippen LogP contribution in [0.5, 0.6) is 0 Å². The van der Waals surface area contributed by atoms with Crippen molar-refractivity contribution in [2.24, 2.45) is 5.73 Å². The van der Waals surface area contributed by atoms with Gasteiger partial charge in [-0.3, -0.25) is 0 Å². The topological polar surface area (TPSA) is 78.5 Å². The first-order valence-corrected chi connectivity index (χ1v) is 3.65. The third kappa shape index (κ3) is 47.6. The molecule has 0 fully saturated rings. The van der Waals surface area contributed by atoms with E-state index in [0.717, 1.165) is 0 Å². The van der Waals surface area contributed by atoms with E-state index in [1.54, 1.807) is 0 Å². The van der Waals surface area contributed by atoms with E-state index in [4.69, 9.17) is 10.2 Å². The molecule has 0 aliphatic heterocycles. The van der Waals surface area contributed by atoms with Gasteiger partial charge in [-0.05, 0) is 38.3 Å². The molecule has 0 heterocycles. The van der Waals surface area contributed by atoms with Crippen molar-refractivity contribution in [2.75, 3.05) is 0 Å². The van der Waals surface area contributed by atoms with Crippen LogP contribution < -0.4 is 11.1 Å². The van der Waals surface area contributed by atoms with Crippen molar-refractivity contribution in [3.05, 3.63) is 0 Å². The summed E-state index contributed by atoms with van der Waals surface area (Å²) in [4.78, 5) is 0. The van der Waals surface area contributed by atoms with Crippen molar-refractivity contribution in [2.45, 2.75) is 19.9 Å². The molecule has 0 aliphatic carbocycles. The van der Waals surface area contributed by atoms with Crippen molar-refractivity contribution in [1.29, 1.82) is 0 Å². The van der Waals surface area contributed by atoms with Gasteiger partial charge in [0.2, 0.25) is 0 Å². The summed E-state index contributed by atoms with van der Waals surface area (Å²) in [6.45, 7) is 3.81. The van der Waals surface area contributed by atoms with Gasteiger partial charge in [-0.1, -0.05) is 0 Å². The van der Waals surface area contributed by atoms with Crippen LogP contribution in [0.25, 0.3) is 0 Å². The van der Waals surface area contributed by atoms with Crippen LogP contribution in [0.4, 0.5) is 0 Å². The quantitative estimate of drug-likeness (QED) is 0.367. The Morgan fingerprint density at radius 3 is 1.58 bits per heavy atom. The van der Waals surface area contributed by atoms with Crippen LogP contribution in [0.2, 0.25) is 0 Å². The molecule has 0 aliphatic rings. The first kappa shape index (κ1) is 18.2. The molecular formula is C5H13N2NaO2S2. The number of thiocarbonyl (C=S) groups is 2. The van der Waals surface area contributed by atoms with E-state index in [9.17, 15) is 0 Å². The molecule has 7 heteroatoms. The van der Waals surface area contributed by atoms with Gasteiger partial charge in [0, 0.05) is 6.04 Å². The number of nitrogens with one attached hydrogen (secondary N) is 1. The van der Waals surface area contributed by atoms with Crippen molar-refractivity contribution in [3.8, 4) is 0 Å². The maximum absolute atomic E-state index is 8.34. The fourth-order valence-electron chi connectivity index (χ4n) is 0.247. The van der Waals surface area contributed by atoms with Crippen molar-refractivity contribution >= 4 is 64.3 Å². The van der Waals surface area contributed by atoms with Crippen molar-refractivity contribution < 1.29 is 10.2 Å². The van der Waals surface area contributed by atoms with Gasteiger partial charge in [0.05, 0.1) is 0 Å². The predicted molar refractivity (Wildman–Crippen MR) is 60.1 cm³/mol. The molecule has 0 aromatic rings. The number of hydrogen-bond donors (Lipinski definition) is 4. The Balaban J connectivity index is -0.000000142. The zero-order chi connectivity index (χ0) is 9.44. The van der Waals surface area contributed by atoms with Gasteiger partial charge in [-0.15, -0.1) is 0 Å². The Bertz CT molecular complexity index is 139. The molecule has 0 atom stereocenters. The SMILES string of the molecule is CC(C)NC(O)=S.NC(O)=S.[NaH]. The molecule has 4 nitrogen and oxygen atoms in total. The van der Waals surface area contributed by atoms with Crippen LogP contribution in [0.1, 0.15) is 13.8 Å². The van der Waals surface area contributed by atoms with Crippen LogP contribution in [0.15, 0.2) is 0 Å². The molecule has 0 aromatic heterocycles. The van der Waals surface area contributed by atoms with Gasteiger partial charge in [0.15, 0.2) is 0 Å². The number of aliphatic hydroxyl groups excluding tert-OH is 2. The van der Waals surface area contributed by atoms with E-state index in [1.807, 2.05) is 13.8 Å². The standard InChI is InChI=1S/C4H9NOS.CH3NOS.Na.H/c1-3(2)5-4(6)7;2-1(3)4;;/h3H,1-2H3,(H2,5,6,7);(H3,2,3,4);;. The summed E-state index contributed by atoms with van der Waals surface area (Å²) in [6, 6.07) is 0.234. The fourth-order valence-corrected chi connectivity index (χ4v) is 0.483. The van der Waals surface area contributed by atoms with Gasteiger partial charge in [-0.2, -0.15) is 0 Å². The Hall–Kier alpha value is 0.380. The summed E-state index contributed by atoms with van der Waals surface area (Å²) in [7, 11) is 0. The Morgan fingerprint density at radius 2 is 1.58 bits per heavy atom. The summed E-state index contributed by atoms with van der Waals surface area (Å²) < 4.78 is 0. The molecule has 0 saturated heterocycles. The number of aliphatic hydroxyl groups is 2. The van der Waals surface area contributed by atoms with Crippen molar-refractivity contribution in [1.82, 2.24) is 5.32 Å². The normalized spacial score (nSPS) is 7.25. The van der Waals surface area contributed by atoms with E-state index >= 15 is 0 Å². The molecule has 5 N–H and O–H groups in total. The second-order valence-corrected chi connectivity index (χ2v) is 2.75. The number of nitrogens with two attached hydrogens (primary N) is 1. The molecule has 0 radical (unpaired) electrons. The molecule has 0 unspecified atom stereocenters. The van der Waals surface area contributed by atoms with E-state index in [-0.39, 0.29) is 40.8 Å². The Labute approximate surface area is 105 Å². The second kappa shape index (κ2) is 11.4. The zero-order valence-corrected chi connectivity index (χ0v) is 8.00. The van der Waals surface area contributed by atoms with Gasteiger partial charge in [-0.25, -0.2) is 0 Å². The molecule has 0 saturated carbocycles. The van der Waals surface area contributed by atoms with Crippen LogP contribution in [-0.4, -0.2) is 56.2 Å². The number of hydrogen-bond acceptors (Lipinski definition) is 2. The molecular weight excluding hydrogens is 207 g/mol. The molecule has 0 amide bonds. The first-order valence-electron chi connectivity index (χ1n) is 2.84. The van der Waals surface area contributed by atoms with E-state index < -0.39 is 5.17 Å². The second-order valence-electron chi connectivity index (χ2n) is 1.94. The minimum atomic E-state index is -0.500. The zero-order valence-electron chi connectivity index (χ0n) is 6.37. The molecule has 0 bridgehead atoms. The van der Waals surface area contributed by atoms with Crippen LogP contribution in [0.3, 0.4) is 0 Å². The summed E-state index contributed by atoms with van der Waals surface area (Å²) >= 11 is 8.19. The van der Waals surface area contributed by atoms with E-state index in [2.05, 4.69) is 35.5 Å². The van der Waals surface area contributed by atoms with Crippen molar-refractivity contribution in [3.63, 3.8) is 0 Å². The van der Waals surface area contributed by atoms with Gasteiger partial charge in [0.1, 0.15) is 0 Å². The average molecular weight is 220 g/mol. The summed E-state index contributed by atoms with van der Waals surface area (Å²) in [5.74, 6) is 0. The Kier molecular flexibility index (Phi) is 17.3. The maximum atomic E-state index is 8.34. The molecule has 68 valence electrons. The summed E-state index contributed by atoms with van der Waals surface area (Å²) in [5, 5.41) is 17.9. The molecule has 0 rings (SSSR count). The number of rotatable bonds is 1. The minimum absolute atomic E-state index is 0. The molecule has 0 spiro atoms. The van der Waals surface area contributed by atoms with Crippen LogP contribution >= 0.6 is 24.4 Å². The molecule has 12 heavy (non-hydrogen) atoms. The predicted octanol–water partition coefficient (Wildman–Crippen LogP) is -0.0332. The Morgan fingerprint density at radius 1 is 1.33 bits per heavy atom. The summed E-state index contributed by atoms with van der Waals surface area (Å²) in [6.07, 6.45) is 0. The van der Waals surface area contributed by atoms with Crippen LogP contribution in [-0.2, 0) is 0 Å².